The fraction of sp³-hybridized carbons (Fsp3) is 0.238. The maximum Gasteiger partial charge on any atom is 0.250 e. The van der Waals surface area contributed by atoms with Gasteiger partial charge in [-0.2, -0.15) is 0 Å². The van der Waals surface area contributed by atoms with Gasteiger partial charge in [-0.15, -0.1) is 0 Å². The summed E-state index contributed by atoms with van der Waals surface area (Å²) in [6.07, 6.45) is 0. The summed E-state index contributed by atoms with van der Waals surface area (Å²) in [5.74, 6) is 0.672. The first-order valence-electron chi connectivity index (χ1n) is 9.68. The number of anilines is 1. The van der Waals surface area contributed by atoms with Crippen LogP contribution in [0, 0.1) is 0 Å². The maximum atomic E-state index is 12.7. The molecule has 164 valence electrons. The lowest BCUT2D eigenvalue weighted by molar-refractivity contribution is 0.496. The minimum atomic E-state index is -3.68. The van der Waals surface area contributed by atoms with E-state index in [9.17, 15) is 8.42 Å². The van der Waals surface area contributed by atoms with Crippen molar-refractivity contribution in [3.8, 4) is 10.8 Å². The molecular weight excluding hydrogens is 477 g/mol. The van der Waals surface area contributed by atoms with Crippen molar-refractivity contribution < 1.29 is 13.2 Å². The zero-order chi connectivity index (χ0) is 21.8. The summed E-state index contributed by atoms with van der Waals surface area (Å²) in [7, 11) is -3.68. The van der Waals surface area contributed by atoms with Crippen molar-refractivity contribution in [2.45, 2.75) is 10.8 Å². The van der Waals surface area contributed by atoms with E-state index in [0.29, 0.717) is 20.9 Å². The van der Waals surface area contributed by atoms with E-state index in [0.717, 1.165) is 48.8 Å². The highest BCUT2D eigenvalue weighted by atomic mass is 35.5. The summed E-state index contributed by atoms with van der Waals surface area (Å²) < 4.78 is 34.0. The van der Waals surface area contributed by atoms with Crippen LogP contribution in [0.15, 0.2) is 58.8 Å². The van der Waals surface area contributed by atoms with Gasteiger partial charge in [0.25, 0.3) is 0 Å². The zero-order valence-corrected chi connectivity index (χ0v) is 19.6. The Kier molecular flexibility index (Phi) is 7.05. The van der Waals surface area contributed by atoms with Crippen LogP contribution in [-0.2, 0) is 16.6 Å². The molecule has 1 saturated heterocycles. The second-order valence-corrected chi connectivity index (χ2v) is 10.8. The Hall–Kier alpha value is -1.81. The summed E-state index contributed by atoms with van der Waals surface area (Å²) in [6.45, 7) is 3.89. The van der Waals surface area contributed by atoms with E-state index in [4.69, 9.17) is 27.9 Å². The SMILES string of the molecule is O=S(=O)(NCc1ccc(Cl)c(Cl)c1)c1ccc(Oc2cccc(N3CCNCC3)c2)s1. The number of ether oxygens (including phenoxy) is 1. The number of halogens is 2. The van der Waals surface area contributed by atoms with Crippen LogP contribution in [0.25, 0.3) is 0 Å². The predicted molar refractivity (Wildman–Crippen MR) is 126 cm³/mol. The molecule has 2 heterocycles. The van der Waals surface area contributed by atoms with Crippen molar-refractivity contribution in [2.75, 3.05) is 31.1 Å². The summed E-state index contributed by atoms with van der Waals surface area (Å²) >= 11 is 13.0. The van der Waals surface area contributed by atoms with Crippen molar-refractivity contribution in [3.05, 3.63) is 70.2 Å². The standard InChI is InChI=1S/C21H21Cl2N3O3S2/c22-18-5-4-15(12-19(18)23)14-25-31(27,28)21-7-6-20(30-21)29-17-3-1-2-16(13-17)26-10-8-24-9-11-26/h1-7,12-13,24-25H,8-11,14H2. The zero-order valence-electron chi connectivity index (χ0n) is 16.5. The Morgan fingerprint density at radius 1 is 1.03 bits per heavy atom. The third-order valence-electron chi connectivity index (χ3n) is 4.79. The number of hydrogen-bond acceptors (Lipinski definition) is 6. The van der Waals surface area contributed by atoms with E-state index in [1.165, 1.54) is 6.07 Å². The van der Waals surface area contributed by atoms with Gasteiger partial charge in [0.2, 0.25) is 10.0 Å². The number of sulfonamides is 1. The number of piperazine rings is 1. The Morgan fingerprint density at radius 3 is 2.61 bits per heavy atom. The molecule has 1 fully saturated rings. The molecular formula is C21H21Cl2N3O3S2. The van der Waals surface area contributed by atoms with Crippen molar-refractivity contribution >= 4 is 50.2 Å². The van der Waals surface area contributed by atoms with Crippen LogP contribution >= 0.6 is 34.5 Å². The van der Waals surface area contributed by atoms with E-state index in [2.05, 4.69) is 21.0 Å². The van der Waals surface area contributed by atoms with E-state index in [1.54, 1.807) is 24.3 Å². The van der Waals surface area contributed by atoms with Gasteiger partial charge in [0.15, 0.2) is 5.06 Å². The van der Waals surface area contributed by atoms with Crippen molar-refractivity contribution in [1.82, 2.24) is 10.0 Å². The molecule has 31 heavy (non-hydrogen) atoms. The van der Waals surface area contributed by atoms with Gasteiger partial charge in [-0.1, -0.05) is 46.7 Å². The summed E-state index contributed by atoms with van der Waals surface area (Å²) in [5.41, 5.74) is 1.81. The average molecular weight is 498 g/mol. The first-order valence-corrected chi connectivity index (χ1v) is 12.7. The minimum absolute atomic E-state index is 0.111. The van der Waals surface area contributed by atoms with Crippen LogP contribution in [-0.4, -0.2) is 34.6 Å². The van der Waals surface area contributed by atoms with Gasteiger partial charge in [0, 0.05) is 44.5 Å². The van der Waals surface area contributed by atoms with E-state index in [-0.39, 0.29) is 10.8 Å². The molecule has 0 atom stereocenters. The van der Waals surface area contributed by atoms with Crippen molar-refractivity contribution in [3.63, 3.8) is 0 Å². The van der Waals surface area contributed by atoms with E-state index in [1.807, 2.05) is 18.2 Å². The van der Waals surface area contributed by atoms with E-state index >= 15 is 0 Å². The summed E-state index contributed by atoms with van der Waals surface area (Å²) in [4.78, 5) is 2.29. The largest absolute Gasteiger partial charge is 0.447 e. The van der Waals surface area contributed by atoms with Gasteiger partial charge < -0.3 is 15.0 Å². The molecule has 1 aliphatic rings. The molecule has 0 radical (unpaired) electrons. The molecule has 10 heteroatoms. The molecule has 6 nitrogen and oxygen atoms in total. The lowest BCUT2D eigenvalue weighted by Gasteiger charge is -2.29. The first-order chi connectivity index (χ1) is 14.9. The molecule has 1 aliphatic heterocycles. The molecule has 0 aliphatic carbocycles. The molecule has 0 amide bonds. The molecule has 0 bridgehead atoms. The number of thiophene rings is 1. The van der Waals surface area contributed by atoms with Crippen molar-refractivity contribution in [2.24, 2.45) is 0 Å². The Labute approximate surface area is 195 Å². The van der Waals surface area contributed by atoms with Crippen LogP contribution in [0.3, 0.4) is 0 Å². The third kappa shape index (κ3) is 5.71. The molecule has 0 unspecified atom stereocenters. The maximum absolute atomic E-state index is 12.7. The Bertz CT molecular complexity index is 1160. The number of hydrogen-bond donors (Lipinski definition) is 2. The molecule has 3 aromatic rings. The van der Waals surface area contributed by atoms with Crippen LogP contribution in [0.5, 0.6) is 10.8 Å². The van der Waals surface area contributed by atoms with Crippen LogP contribution < -0.4 is 19.7 Å². The molecule has 4 rings (SSSR count). The second-order valence-electron chi connectivity index (χ2n) is 6.98. The molecule has 0 spiro atoms. The lowest BCUT2D eigenvalue weighted by atomic mass is 10.2. The lowest BCUT2D eigenvalue weighted by Crippen LogP contribution is -2.43. The van der Waals surface area contributed by atoms with Crippen LogP contribution in [0.4, 0.5) is 5.69 Å². The van der Waals surface area contributed by atoms with Gasteiger partial charge in [-0.05, 0) is 42.0 Å². The first kappa shape index (κ1) is 22.4. The highest BCUT2D eigenvalue weighted by Gasteiger charge is 2.18. The topological polar surface area (TPSA) is 70.7 Å². The Balaban J connectivity index is 1.42. The monoisotopic (exact) mass is 497 g/mol. The van der Waals surface area contributed by atoms with Crippen LogP contribution in [0.1, 0.15) is 5.56 Å². The van der Waals surface area contributed by atoms with Gasteiger partial charge >= 0.3 is 0 Å². The van der Waals surface area contributed by atoms with Gasteiger partial charge in [-0.25, -0.2) is 13.1 Å². The van der Waals surface area contributed by atoms with Crippen molar-refractivity contribution in [1.29, 1.82) is 0 Å². The highest BCUT2D eigenvalue weighted by Crippen LogP contribution is 2.33. The normalized spacial score (nSPS) is 14.6. The fourth-order valence-corrected chi connectivity index (χ4v) is 5.72. The number of nitrogens with zero attached hydrogens (tertiary/aromatic N) is 1. The Morgan fingerprint density at radius 2 is 1.84 bits per heavy atom. The summed E-state index contributed by atoms with van der Waals surface area (Å²) in [5, 5.41) is 4.65. The van der Waals surface area contributed by atoms with Crippen LogP contribution in [0.2, 0.25) is 10.0 Å². The summed E-state index contributed by atoms with van der Waals surface area (Å²) in [6, 6.07) is 16.0. The quantitative estimate of drug-likeness (QED) is 0.493. The predicted octanol–water partition coefficient (Wildman–Crippen LogP) is 4.74. The number of nitrogens with one attached hydrogen (secondary N) is 2. The second kappa shape index (κ2) is 9.77. The van der Waals surface area contributed by atoms with Gasteiger partial charge in [0.05, 0.1) is 10.0 Å². The fourth-order valence-electron chi connectivity index (χ4n) is 3.18. The smallest absolute Gasteiger partial charge is 0.250 e. The molecule has 2 aromatic carbocycles. The molecule has 0 saturated carbocycles. The molecule has 1 aromatic heterocycles. The van der Waals surface area contributed by atoms with Gasteiger partial charge in [-0.3, -0.25) is 0 Å². The number of benzene rings is 2. The number of rotatable bonds is 7. The third-order valence-corrected chi connectivity index (χ3v) is 8.39. The van der Waals surface area contributed by atoms with E-state index < -0.39 is 10.0 Å². The average Bonchev–Trinajstić information content (AvgIpc) is 3.25. The highest BCUT2D eigenvalue weighted by molar-refractivity contribution is 7.91. The molecule has 2 N–H and O–H groups in total. The minimum Gasteiger partial charge on any atom is -0.447 e. The van der Waals surface area contributed by atoms with Gasteiger partial charge in [0.1, 0.15) is 9.96 Å².